The van der Waals surface area contributed by atoms with E-state index in [1.54, 1.807) is 0 Å². The molecule has 0 amide bonds. The third-order valence-electron chi connectivity index (χ3n) is 4.63. The van der Waals surface area contributed by atoms with Crippen LogP contribution in [-0.4, -0.2) is 23.9 Å². The number of hydrogen-bond donors (Lipinski definition) is 0. The Morgan fingerprint density at radius 1 is 1.05 bits per heavy atom. The van der Waals surface area contributed by atoms with Crippen LogP contribution in [0.4, 0.5) is 5.69 Å². The fourth-order valence-electron chi connectivity index (χ4n) is 3.17. The molecule has 0 unspecified atom stereocenters. The first-order chi connectivity index (χ1) is 10.3. The summed E-state index contributed by atoms with van der Waals surface area (Å²) in [6, 6.07) is 8.47. The van der Waals surface area contributed by atoms with Gasteiger partial charge in [0.25, 0.3) is 0 Å². The van der Waals surface area contributed by atoms with Gasteiger partial charge in [-0.3, -0.25) is 9.78 Å². The molecule has 4 rings (SSSR count). The number of piperidine rings is 1. The number of nitrogens with zero attached hydrogens (tertiary/aromatic N) is 2. The number of ketones is 1. The highest BCUT2D eigenvalue weighted by Crippen LogP contribution is 2.33. The molecule has 1 aliphatic carbocycles. The highest BCUT2D eigenvalue weighted by molar-refractivity contribution is 6.00. The maximum Gasteiger partial charge on any atom is 0.184 e. The summed E-state index contributed by atoms with van der Waals surface area (Å²) in [5.41, 5.74) is 1.92. The van der Waals surface area contributed by atoms with E-state index in [1.165, 1.54) is 24.9 Å². The molecule has 0 N–H and O–H groups in total. The van der Waals surface area contributed by atoms with E-state index in [0.717, 1.165) is 36.7 Å². The van der Waals surface area contributed by atoms with Crippen LogP contribution in [0.25, 0.3) is 10.8 Å². The van der Waals surface area contributed by atoms with Crippen molar-refractivity contribution in [3.63, 3.8) is 0 Å². The number of Topliss-reactive ketones (excluding diaryl/α,β-unsaturated/α-hetero) is 1. The van der Waals surface area contributed by atoms with Gasteiger partial charge in [-0.05, 0) is 55.7 Å². The van der Waals surface area contributed by atoms with E-state index in [9.17, 15) is 4.79 Å². The van der Waals surface area contributed by atoms with Gasteiger partial charge >= 0.3 is 0 Å². The molecule has 1 aliphatic heterocycles. The second kappa shape index (κ2) is 5.14. The summed E-state index contributed by atoms with van der Waals surface area (Å²) in [6.07, 6.45) is 7.84. The first kappa shape index (κ1) is 12.8. The number of aromatic nitrogens is 1. The fraction of sp³-hybridized carbons (Fsp3) is 0.444. The normalized spacial score (nSPS) is 19.0. The SMILES string of the molecule is O=C(c1cc2ccc(N3CCCCC3)cc2cn1)C1CC1. The van der Waals surface area contributed by atoms with Crippen LogP contribution in [0.2, 0.25) is 0 Å². The van der Waals surface area contributed by atoms with E-state index in [1.807, 2.05) is 12.3 Å². The van der Waals surface area contributed by atoms with Crippen molar-refractivity contribution < 1.29 is 4.79 Å². The molecule has 0 atom stereocenters. The Labute approximate surface area is 125 Å². The van der Waals surface area contributed by atoms with Crippen molar-refractivity contribution in [3.05, 3.63) is 36.2 Å². The average Bonchev–Trinajstić information content (AvgIpc) is 3.39. The van der Waals surface area contributed by atoms with Gasteiger partial charge in [0.1, 0.15) is 5.69 Å². The van der Waals surface area contributed by atoms with Gasteiger partial charge in [0, 0.05) is 36.3 Å². The molecule has 1 saturated carbocycles. The minimum atomic E-state index is 0.219. The molecule has 0 spiro atoms. The molecule has 2 aliphatic rings. The summed E-state index contributed by atoms with van der Waals surface area (Å²) in [5.74, 6) is 0.458. The van der Waals surface area contributed by atoms with Crippen molar-refractivity contribution in [2.45, 2.75) is 32.1 Å². The fourth-order valence-corrected chi connectivity index (χ4v) is 3.17. The minimum Gasteiger partial charge on any atom is -0.372 e. The van der Waals surface area contributed by atoms with Crippen molar-refractivity contribution in [2.75, 3.05) is 18.0 Å². The van der Waals surface area contributed by atoms with Gasteiger partial charge in [0.2, 0.25) is 0 Å². The summed E-state index contributed by atoms with van der Waals surface area (Å²) >= 11 is 0. The second-order valence-corrected chi connectivity index (χ2v) is 6.29. The van der Waals surface area contributed by atoms with Crippen LogP contribution in [0.1, 0.15) is 42.6 Å². The number of benzene rings is 1. The number of hydrogen-bond acceptors (Lipinski definition) is 3. The van der Waals surface area contributed by atoms with Crippen molar-refractivity contribution in [2.24, 2.45) is 5.92 Å². The quantitative estimate of drug-likeness (QED) is 0.801. The largest absolute Gasteiger partial charge is 0.372 e. The second-order valence-electron chi connectivity index (χ2n) is 6.29. The topological polar surface area (TPSA) is 33.2 Å². The molecule has 108 valence electrons. The van der Waals surface area contributed by atoms with E-state index in [-0.39, 0.29) is 11.7 Å². The van der Waals surface area contributed by atoms with Crippen LogP contribution in [0, 0.1) is 5.92 Å². The van der Waals surface area contributed by atoms with Gasteiger partial charge in [-0.2, -0.15) is 0 Å². The maximum absolute atomic E-state index is 12.1. The first-order valence-corrected chi connectivity index (χ1v) is 8.00. The zero-order valence-electron chi connectivity index (χ0n) is 12.2. The predicted molar refractivity (Wildman–Crippen MR) is 84.9 cm³/mol. The Bertz CT molecular complexity index is 685. The molecule has 0 bridgehead atoms. The Balaban J connectivity index is 1.65. The number of anilines is 1. The monoisotopic (exact) mass is 280 g/mol. The molecule has 1 aromatic heterocycles. The van der Waals surface area contributed by atoms with Gasteiger partial charge in [-0.15, -0.1) is 0 Å². The Morgan fingerprint density at radius 3 is 2.62 bits per heavy atom. The van der Waals surface area contributed by atoms with Crippen LogP contribution < -0.4 is 4.90 Å². The molecule has 0 radical (unpaired) electrons. The van der Waals surface area contributed by atoms with Crippen LogP contribution in [0.15, 0.2) is 30.5 Å². The van der Waals surface area contributed by atoms with E-state index < -0.39 is 0 Å². The van der Waals surface area contributed by atoms with E-state index >= 15 is 0 Å². The first-order valence-electron chi connectivity index (χ1n) is 8.00. The van der Waals surface area contributed by atoms with Crippen molar-refractivity contribution in [3.8, 4) is 0 Å². The number of rotatable bonds is 3. The molecular weight excluding hydrogens is 260 g/mol. The van der Waals surface area contributed by atoms with Crippen molar-refractivity contribution in [1.82, 2.24) is 4.98 Å². The molecule has 3 heteroatoms. The highest BCUT2D eigenvalue weighted by Gasteiger charge is 2.31. The van der Waals surface area contributed by atoms with Gasteiger partial charge < -0.3 is 4.90 Å². The standard InChI is InChI=1S/C18H20N2O/c21-18(13-4-5-13)17-11-14-6-7-16(10-15(14)12-19-17)20-8-2-1-3-9-20/h6-7,10-13H,1-5,8-9H2. The molecule has 2 heterocycles. The van der Waals surface area contributed by atoms with Crippen LogP contribution in [0.3, 0.4) is 0 Å². The van der Waals surface area contributed by atoms with Crippen LogP contribution >= 0.6 is 0 Å². The average molecular weight is 280 g/mol. The van der Waals surface area contributed by atoms with Gasteiger partial charge in [0.05, 0.1) is 0 Å². The number of pyridine rings is 1. The molecule has 21 heavy (non-hydrogen) atoms. The molecule has 2 fully saturated rings. The third kappa shape index (κ3) is 2.53. The smallest absolute Gasteiger partial charge is 0.184 e. The van der Waals surface area contributed by atoms with Gasteiger partial charge in [-0.25, -0.2) is 0 Å². The molecule has 1 aromatic carbocycles. The summed E-state index contributed by atoms with van der Waals surface area (Å²) < 4.78 is 0. The predicted octanol–water partition coefficient (Wildman–Crippen LogP) is 3.82. The van der Waals surface area contributed by atoms with E-state index in [4.69, 9.17) is 0 Å². The van der Waals surface area contributed by atoms with E-state index in [2.05, 4.69) is 28.1 Å². The summed E-state index contributed by atoms with van der Waals surface area (Å²) in [6.45, 7) is 2.30. The lowest BCUT2D eigenvalue weighted by Crippen LogP contribution is -2.29. The summed E-state index contributed by atoms with van der Waals surface area (Å²) in [4.78, 5) is 18.9. The number of fused-ring (bicyclic) bond motifs is 1. The lowest BCUT2D eigenvalue weighted by atomic mass is 10.1. The van der Waals surface area contributed by atoms with Gasteiger partial charge in [0.15, 0.2) is 5.78 Å². The minimum absolute atomic E-state index is 0.219. The summed E-state index contributed by atoms with van der Waals surface area (Å²) in [7, 11) is 0. The number of carbonyl (C=O) groups is 1. The molecule has 2 aromatic rings. The Morgan fingerprint density at radius 2 is 1.86 bits per heavy atom. The zero-order valence-corrected chi connectivity index (χ0v) is 12.2. The van der Waals surface area contributed by atoms with Gasteiger partial charge in [-0.1, -0.05) is 6.07 Å². The molecule has 1 saturated heterocycles. The summed E-state index contributed by atoms with van der Waals surface area (Å²) in [5, 5.41) is 2.25. The zero-order chi connectivity index (χ0) is 14.2. The maximum atomic E-state index is 12.1. The Kier molecular flexibility index (Phi) is 3.13. The highest BCUT2D eigenvalue weighted by atomic mass is 16.1. The van der Waals surface area contributed by atoms with Crippen molar-refractivity contribution >= 4 is 22.2 Å². The molecule has 3 nitrogen and oxygen atoms in total. The lowest BCUT2D eigenvalue weighted by molar-refractivity contribution is 0.0963. The third-order valence-corrected chi connectivity index (χ3v) is 4.63. The van der Waals surface area contributed by atoms with E-state index in [0.29, 0.717) is 5.69 Å². The molecular formula is C18H20N2O. The Hall–Kier alpha value is -1.90. The lowest BCUT2D eigenvalue weighted by Gasteiger charge is -2.29. The van der Waals surface area contributed by atoms with Crippen LogP contribution in [-0.2, 0) is 0 Å². The van der Waals surface area contributed by atoms with Crippen LogP contribution in [0.5, 0.6) is 0 Å². The van der Waals surface area contributed by atoms with Crippen molar-refractivity contribution in [1.29, 1.82) is 0 Å². The number of carbonyl (C=O) groups excluding carboxylic acids is 1.